The van der Waals surface area contributed by atoms with Crippen LogP contribution in [0, 0.1) is 13.8 Å². The first-order valence-corrected chi connectivity index (χ1v) is 5.76. The fourth-order valence-corrected chi connectivity index (χ4v) is 2.40. The Bertz CT molecular complexity index is 253. The van der Waals surface area contributed by atoms with E-state index in [2.05, 4.69) is 39.0 Å². The summed E-state index contributed by atoms with van der Waals surface area (Å²) in [6.45, 7) is 6.67. The van der Waals surface area contributed by atoms with Gasteiger partial charge in [-0.25, -0.2) is 0 Å². The zero-order chi connectivity index (χ0) is 8.97. The molecule has 0 aromatic heterocycles. The Morgan fingerprint density at radius 3 is 2.67 bits per heavy atom. The highest BCUT2D eigenvalue weighted by atomic mass is 31.1. The average Bonchev–Trinajstić information content (AvgIpc) is 2.08. The maximum atomic E-state index is 2.26. The molecule has 12 heavy (non-hydrogen) atoms. The molecule has 1 heteroatoms. The van der Waals surface area contributed by atoms with Gasteiger partial charge in [0.15, 0.2) is 0 Å². The van der Waals surface area contributed by atoms with E-state index in [4.69, 9.17) is 0 Å². The molecule has 1 rings (SSSR count). The molecule has 66 valence electrons. The van der Waals surface area contributed by atoms with E-state index in [9.17, 15) is 0 Å². The molecule has 1 unspecified atom stereocenters. The third-order valence-corrected chi connectivity index (χ3v) is 3.84. The van der Waals surface area contributed by atoms with E-state index in [-0.39, 0.29) is 0 Å². The lowest BCUT2D eigenvalue weighted by Gasteiger charge is -2.07. The maximum absolute atomic E-state index is 2.26. The summed E-state index contributed by atoms with van der Waals surface area (Å²) < 4.78 is 0. The zero-order valence-corrected chi connectivity index (χ0v) is 9.15. The summed E-state index contributed by atoms with van der Waals surface area (Å²) in [5.41, 5.74) is 2.92. The Morgan fingerprint density at radius 2 is 2.00 bits per heavy atom. The van der Waals surface area contributed by atoms with Gasteiger partial charge in [-0.3, -0.25) is 0 Å². The van der Waals surface area contributed by atoms with Crippen LogP contribution < -0.4 is 5.30 Å². The number of aryl methyl sites for hydroxylation is 1. The molecule has 1 aromatic rings. The van der Waals surface area contributed by atoms with Gasteiger partial charge in [0.25, 0.3) is 0 Å². The Morgan fingerprint density at radius 1 is 1.25 bits per heavy atom. The summed E-state index contributed by atoms with van der Waals surface area (Å²) in [4.78, 5) is 0. The van der Waals surface area contributed by atoms with Gasteiger partial charge >= 0.3 is 0 Å². The van der Waals surface area contributed by atoms with Crippen molar-refractivity contribution in [2.45, 2.75) is 27.2 Å². The molecular weight excluding hydrogens is 163 g/mol. The SMILES string of the molecule is CCCPc1cccc(C)c1C. The van der Waals surface area contributed by atoms with Crippen molar-refractivity contribution < 1.29 is 0 Å². The molecule has 0 nitrogen and oxygen atoms in total. The van der Waals surface area contributed by atoms with Crippen molar-refractivity contribution in [1.82, 2.24) is 0 Å². The molecule has 0 heterocycles. The van der Waals surface area contributed by atoms with Crippen molar-refractivity contribution in [3.05, 3.63) is 29.3 Å². The van der Waals surface area contributed by atoms with Crippen molar-refractivity contribution in [2.75, 3.05) is 6.16 Å². The van der Waals surface area contributed by atoms with Gasteiger partial charge in [-0.2, -0.15) is 0 Å². The molecule has 0 N–H and O–H groups in total. The fourth-order valence-electron chi connectivity index (χ4n) is 1.20. The van der Waals surface area contributed by atoms with Gasteiger partial charge in [-0.1, -0.05) is 40.1 Å². The fraction of sp³-hybridized carbons (Fsp3) is 0.455. The summed E-state index contributed by atoms with van der Waals surface area (Å²) in [6.07, 6.45) is 2.64. The topological polar surface area (TPSA) is 0 Å². The van der Waals surface area contributed by atoms with Gasteiger partial charge in [0.05, 0.1) is 0 Å². The van der Waals surface area contributed by atoms with E-state index < -0.39 is 0 Å². The molecule has 0 bridgehead atoms. The van der Waals surface area contributed by atoms with Crippen LogP contribution in [0.1, 0.15) is 24.5 Å². The minimum absolute atomic E-state index is 1.000. The summed E-state index contributed by atoms with van der Waals surface area (Å²) in [5.74, 6) is 0. The summed E-state index contributed by atoms with van der Waals surface area (Å²) >= 11 is 0. The minimum atomic E-state index is 1.000. The van der Waals surface area contributed by atoms with Crippen LogP contribution in [-0.4, -0.2) is 6.16 Å². The van der Waals surface area contributed by atoms with E-state index in [0.717, 1.165) is 8.58 Å². The van der Waals surface area contributed by atoms with Crippen LogP contribution >= 0.6 is 8.58 Å². The van der Waals surface area contributed by atoms with Crippen molar-refractivity contribution in [2.24, 2.45) is 0 Å². The quantitative estimate of drug-likeness (QED) is 0.627. The predicted molar refractivity (Wildman–Crippen MR) is 59.0 cm³/mol. The lowest BCUT2D eigenvalue weighted by Crippen LogP contribution is -2.02. The van der Waals surface area contributed by atoms with Gasteiger partial charge in [-0.15, -0.1) is 0 Å². The third kappa shape index (κ3) is 2.32. The van der Waals surface area contributed by atoms with Crippen molar-refractivity contribution >= 4 is 13.9 Å². The molecule has 0 spiro atoms. The molecule has 0 saturated carbocycles. The second kappa shape index (κ2) is 4.62. The predicted octanol–water partition coefficient (Wildman–Crippen LogP) is 3.02. The highest BCUT2D eigenvalue weighted by Gasteiger charge is 1.98. The van der Waals surface area contributed by atoms with Gasteiger partial charge < -0.3 is 0 Å². The van der Waals surface area contributed by atoms with Crippen LogP contribution in [0.5, 0.6) is 0 Å². The number of hydrogen-bond donors (Lipinski definition) is 0. The molecular formula is C11H17P. The Labute approximate surface area is 77.2 Å². The summed E-state index contributed by atoms with van der Waals surface area (Å²) in [5, 5.41) is 1.55. The standard InChI is InChI=1S/C11H17P/c1-4-8-12-11-7-5-6-9(2)10(11)3/h5-7,12H,4,8H2,1-3H3. The average molecular weight is 180 g/mol. The van der Waals surface area contributed by atoms with Crippen LogP contribution in [0.2, 0.25) is 0 Å². The Hall–Kier alpha value is -0.350. The second-order valence-electron chi connectivity index (χ2n) is 3.17. The molecule has 0 aliphatic heterocycles. The lowest BCUT2D eigenvalue weighted by molar-refractivity contribution is 1.10. The van der Waals surface area contributed by atoms with Crippen molar-refractivity contribution in [3.8, 4) is 0 Å². The third-order valence-electron chi connectivity index (χ3n) is 2.17. The smallest absolute Gasteiger partial charge is 0.0240 e. The number of benzene rings is 1. The largest absolute Gasteiger partial charge is 0.0901 e. The highest BCUT2D eigenvalue weighted by molar-refractivity contribution is 7.47. The van der Waals surface area contributed by atoms with E-state index in [1.165, 1.54) is 23.7 Å². The normalized spacial score (nSPS) is 11.2. The molecule has 1 atom stereocenters. The van der Waals surface area contributed by atoms with E-state index >= 15 is 0 Å². The molecule has 0 saturated heterocycles. The van der Waals surface area contributed by atoms with Gasteiger partial charge in [-0.05, 0) is 36.4 Å². The molecule has 1 aromatic carbocycles. The number of rotatable bonds is 3. The van der Waals surface area contributed by atoms with Crippen LogP contribution in [0.15, 0.2) is 18.2 Å². The van der Waals surface area contributed by atoms with Crippen molar-refractivity contribution in [3.63, 3.8) is 0 Å². The van der Waals surface area contributed by atoms with Gasteiger partial charge in [0.2, 0.25) is 0 Å². The summed E-state index contributed by atoms with van der Waals surface area (Å²) in [7, 11) is 1.000. The molecule has 0 amide bonds. The first-order valence-electron chi connectivity index (χ1n) is 4.55. The van der Waals surface area contributed by atoms with Crippen LogP contribution in [0.4, 0.5) is 0 Å². The van der Waals surface area contributed by atoms with Gasteiger partial charge in [0, 0.05) is 0 Å². The van der Waals surface area contributed by atoms with Crippen LogP contribution in [0.25, 0.3) is 0 Å². The summed E-state index contributed by atoms with van der Waals surface area (Å²) in [6, 6.07) is 6.62. The molecule has 0 aliphatic carbocycles. The Kier molecular flexibility index (Phi) is 3.75. The van der Waals surface area contributed by atoms with E-state index in [1.54, 1.807) is 5.30 Å². The molecule has 0 aliphatic rings. The second-order valence-corrected chi connectivity index (χ2v) is 4.57. The molecule has 0 fully saturated rings. The zero-order valence-electron chi connectivity index (χ0n) is 8.15. The maximum Gasteiger partial charge on any atom is -0.0240 e. The highest BCUT2D eigenvalue weighted by Crippen LogP contribution is 2.16. The van der Waals surface area contributed by atoms with Crippen LogP contribution in [0.3, 0.4) is 0 Å². The minimum Gasteiger partial charge on any atom is -0.0901 e. The van der Waals surface area contributed by atoms with Crippen molar-refractivity contribution in [1.29, 1.82) is 0 Å². The molecule has 0 radical (unpaired) electrons. The first kappa shape index (κ1) is 9.74. The monoisotopic (exact) mass is 180 g/mol. The van der Waals surface area contributed by atoms with Crippen LogP contribution in [-0.2, 0) is 0 Å². The number of hydrogen-bond acceptors (Lipinski definition) is 0. The van der Waals surface area contributed by atoms with E-state index in [0.29, 0.717) is 0 Å². The van der Waals surface area contributed by atoms with Gasteiger partial charge in [0.1, 0.15) is 0 Å². The lowest BCUT2D eigenvalue weighted by atomic mass is 10.1. The Balaban J connectivity index is 2.78. The first-order chi connectivity index (χ1) is 5.75. The van der Waals surface area contributed by atoms with E-state index in [1.807, 2.05) is 0 Å².